The average Bonchev–Trinajstić information content (AvgIpc) is 3.02. The van der Waals surface area contributed by atoms with E-state index in [0.29, 0.717) is 42.9 Å². The molecule has 0 radical (unpaired) electrons. The molecule has 1 fully saturated rings. The fraction of sp³-hybridized carbons (Fsp3) is 0.435. The molecule has 0 aliphatic carbocycles. The Morgan fingerprint density at radius 2 is 1.68 bits per heavy atom. The van der Waals surface area contributed by atoms with Gasteiger partial charge in [-0.05, 0) is 67.7 Å². The highest BCUT2D eigenvalue weighted by atomic mass is 19.1. The maximum atomic E-state index is 13.3. The van der Waals surface area contributed by atoms with Gasteiger partial charge in [0.25, 0.3) is 11.5 Å². The number of nitrogens with two attached hydrogens (primary N) is 1. The fourth-order valence-corrected chi connectivity index (χ4v) is 4.50. The Bertz CT molecular complexity index is 1040. The van der Waals surface area contributed by atoms with E-state index in [1.54, 1.807) is 11.1 Å². The van der Waals surface area contributed by atoms with Gasteiger partial charge < -0.3 is 10.6 Å². The van der Waals surface area contributed by atoms with Crippen LogP contribution < -0.4 is 11.3 Å². The molecule has 7 nitrogen and oxygen atoms in total. The summed E-state index contributed by atoms with van der Waals surface area (Å²) in [6.07, 6.45) is 6.68. The van der Waals surface area contributed by atoms with Gasteiger partial charge in [-0.1, -0.05) is 12.8 Å². The predicted molar refractivity (Wildman–Crippen MR) is 115 cm³/mol. The molecule has 0 bridgehead atoms. The number of hydrogen-bond donors (Lipinski definition) is 1. The third kappa shape index (κ3) is 4.54. The van der Waals surface area contributed by atoms with Gasteiger partial charge in [-0.3, -0.25) is 23.9 Å². The first-order chi connectivity index (χ1) is 14.9. The number of pyridine rings is 1. The monoisotopic (exact) mass is 426 g/mol. The Balaban J connectivity index is 1.63. The van der Waals surface area contributed by atoms with Crippen molar-refractivity contribution in [3.05, 3.63) is 63.3 Å². The van der Waals surface area contributed by atoms with E-state index >= 15 is 0 Å². The van der Waals surface area contributed by atoms with Gasteiger partial charge >= 0.3 is 0 Å². The van der Waals surface area contributed by atoms with Crippen LogP contribution in [0.1, 0.15) is 47.2 Å². The molecule has 2 aromatic rings. The van der Waals surface area contributed by atoms with E-state index in [0.717, 1.165) is 25.9 Å². The number of primary amides is 1. The van der Waals surface area contributed by atoms with Gasteiger partial charge in [0.2, 0.25) is 5.91 Å². The van der Waals surface area contributed by atoms with Crippen LogP contribution in [0.25, 0.3) is 5.69 Å². The van der Waals surface area contributed by atoms with Crippen LogP contribution in [0.15, 0.2) is 35.3 Å². The second kappa shape index (κ2) is 9.01. The predicted octanol–water partition coefficient (Wildman–Crippen LogP) is 1.84. The zero-order chi connectivity index (χ0) is 22.0. The topological polar surface area (TPSA) is 88.6 Å². The lowest BCUT2D eigenvalue weighted by molar-refractivity contribution is -0.133. The quantitative estimate of drug-likeness (QED) is 0.808. The molecule has 0 unspecified atom stereocenters. The van der Waals surface area contributed by atoms with E-state index in [2.05, 4.69) is 4.90 Å². The van der Waals surface area contributed by atoms with Crippen molar-refractivity contribution >= 4 is 11.8 Å². The molecule has 1 aromatic heterocycles. The van der Waals surface area contributed by atoms with Crippen molar-refractivity contribution in [1.82, 2.24) is 14.4 Å². The van der Waals surface area contributed by atoms with Gasteiger partial charge in [-0.15, -0.1) is 0 Å². The zero-order valence-electron chi connectivity index (χ0n) is 17.5. The van der Waals surface area contributed by atoms with Crippen LogP contribution in [0, 0.1) is 5.82 Å². The van der Waals surface area contributed by atoms with Crippen molar-refractivity contribution in [2.75, 3.05) is 26.2 Å². The summed E-state index contributed by atoms with van der Waals surface area (Å²) < 4.78 is 14.6. The van der Waals surface area contributed by atoms with E-state index in [4.69, 9.17) is 5.73 Å². The fourth-order valence-electron chi connectivity index (χ4n) is 4.50. The Morgan fingerprint density at radius 1 is 1.00 bits per heavy atom. The summed E-state index contributed by atoms with van der Waals surface area (Å²) >= 11 is 0. The van der Waals surface area contributed by atoms with Gasteiger partial charge in [0.1, 0.15) is 11.4 Å². The summed E-state index contributed by atoms with van der Waals surface area (Å²) in [7, 11) is 0. The lowest BCUT2D eigenvalue weighted by Crippen LogP contribution is -2.44. The molecule has 2 N–H and O–H groups in total. The van der Waals surface area contributed by atoms with Gasteiger partial charge in [-0.2, -0.15) is 0 Å². The van der Waals surface area contributed by atoms with Gasteiger partial charge in [0.05, 0.1) is 6.54 Å². The number of likely N-dealkylation sites (tertiary alicyclic amines) is 1. The number of carbonyl (C=O) groups excluding carboxylic acids is 2. The highest BCUT2D eigenvalue weighted by molar-refractivity contribution is 5.94. The summed E-state index contributed by atoms with van der Waals surface area (Å²) in [4.78, 5) is 42.0. The molecule has 3 heterocycles. The third-order valence-electron chi connectivity index (χ3n) is 6.16. The Hall–Kier alpha value is -3.00. The smallest absolute Gasteiger partial charge is 0.268 e. The Labute approximate surface area is 180 Å². The van der Waals surface area contributed by atoms with Crippen LogP contribution in [-0.2, 0) is 17.8 Å². The summed E-state index contributed by atoms with van der Waals surface area (Å²) in [6.45, 7) is 3.01. The molecule has 0 spiro atoms. The SMILES string of the molecule is NC(=O)c1c2c(cn(-c3ccc(F)cc3)c1=O)CN(C(=O)CN1CCCCCC1)CC2. The van der Waals surface area contributed by atoms with Crippen molar-refractivity contribution in [3.63, 3.8) is 0 Å². The minimum atomic E-state index is -0.790. The zero-order valence-corrected chi connectivity index (χ0v) is 17.5. The highest BCUT2D eigenvalue weighted by Crippen LogP contribution is 2.22. The number of rotatable bonds is 4. The number of carbonyl (C=O) groups is 2. The first-order valence-corrected chi connectivity index (χ1v) is 10.8. The van der Waals surface area contributed by atoms with Crippen molar-refractivity contribution in [2.24, 2.45) is 5.73 Å². The molecule has 31 heavy (non-hydrogen) atoms. The molecule has 1 aromatic carbocycles. The summed E-state index contributed by atoms with van der Waals surface area (Å²) in [5.41, 5.74) is 6.72. The van der Waals surface area contributed by atoms with Crippen LogP contribution >= 0.6 is 0 Å². The Morgan fingerprint density at radius 3 is 2.32 bits per heavy atom. The highest BCUT2D eigenvalue weighted by Gasteiger charge is 2.28. The molecule has 164 valence electrons. The molecule has 8 heteroatoms. The van der Waals surface area contributed by atoms with Crippen LogP contribution in [-0.4, -0.2) is 52.4 Å². The van der Waals surface area contributed by atoms with E-state index in [-0.39, 0.29) is 11.5 Å². The summed E-state index contributed by atoms with van der Waals surface area (Å²) in [6, 6.07) is 5.45. The van der Waals surface area contributed by atoms with Gasteiger partial charge in [-0.25, -0.2) is 4.39 Å². The molecule has 1 saturated heterocycles. The van der Waals surface area contributed by atoms with E-state index in [1.807, 2.05) is 0 Å². The molecule has 2 aliphatic rings. The summed E-state index contributed by atoms with van der Waals surface area (Å²) in [5, 5.41) is 0. The molecular formula is C23H27FN4O3. The molecule has 0 saturated carbocycles. The van der Waals surface area contributed by atoms with Crippen molar-refractivity contribution in [3.8, 4) is 5.69 Å². The van der Waals surface area contributed by atoms with Crippen LogP contribution in [0.4, 0.5) is 4.39 Å². The number of amides is 2. The van der Waals surface area contributed by atoms with Crippen LogP contribution in [0.5, 0.6) is 0 Å². The standard InChI is InChI=1S/C23H27FN4O3/c24-17-5-7-18(8-6-17)28-14-16-13-27(12-9-19(16)21(22(25)30)23(28)31)20(29)15-26-10-3-1-2-4-11-26/h5-8,14H,1-4,9-13,15H2,(H2,25,30). The molecule has 2 aliphatic heterocycles. The van der Waals surface area contributed by atoms with E-state index in [1.165, 1.54) is 41.7 Å². The maximum absolute atomic E-state index is 13.3. The molecule has 4 rings (SSSR count). The number of benzene rings is 1. The minimum Gasteiger partial charge on any atom is -0.365 e. The third-order valence-corrected chi connectivity index (χ3v) is 6.16. The first kappa shape index (κ1) is 21.2. The van der Waals surface area contributed by atoms with Crippen molar-refractivity contribution < 1.29 is 14.0 Å². The summed E-state index contributed by atoms with van der Waals surface area (Å²) in [5.74, 6) is -1.16. The largest absolute Gasteiger partial charge is 0.365 e. The van der Waals surface area contributed by atoms with E-state index in [9.17, 15) is 18.8 Å². The normalized spacial score (nSPS) is 17.1. The van der Waals surface area contributed by atoms with Gasteiger partial charge in [0, 0.05) is 25.0 Å². The minimum absolute atomic E-state index is 0.0488. The van der Waals surface area contributed by atoms with E-state index < -0.39 is 17.3 Å². The van der Waals surface area contributed by atoms with Crippen LogP contribution in [0.2, 0.25) is 0 Å². The van der Waals surface area contributed by atoms with Gasteiger partial charge in [0.15, 0.2) is 0 Å². The number of fused-ring (bicyclic) bond motifs is 1. The number of halogens is 1. The van der Waals surface area contributed by atoms with Crippen molar-refractivity contribution in [1.29, 1.82) is 0 Å². The second-order valence-electron chi connectivity index (χ2n) is 8.28. The average molecular weight is 426 g/mol. The molecular weight excluding hydrogens is 399 g/mol. The second-order valence-corrected chi connectivity index (χ2v) is 8.28. The van der Waals surface area contributed by atoms with Crippen molar-refractivity contribution in [2.45, 2.75) is 38.6 Å². The lowest BCUT2D eigenvalue weighted by Gasteiger charge is -2.32. The number of hydrogen-bond acceptors (Lipinski definition) is 4. The molecule has 2 amide bonds. The number of nitrogens with zero attached hydrogens (tertiary/aromatic N) is 3. The lowest BCUT2D eigenvalue weighted by atomic mass is 9.96. The van der Waals surface area contributed by atoms with Crippen LogP contribution in [0.3, 0.4) is 0 Å². The Kier molecular flexibility index (Phi) is 6.18. The number of aromatic nitrogens is 1. The maximum Gasteiger partial charge on any atom is 0.268 e. The first-order valence-electron chi connectivity index (χ1n) is 10.8. The molecule has 0 atom stereocenters.